The number of rotatable bonds is 6. The van der Waals surface area contributed by atoms with Gasteiger partial charge < -0.3 is 24.2 Å². The van der Waals surface area contributed by atoms with E-state index in [2.05, 4.69) is 9.97 Å². The second-order valence-electron chi connectivity index (χ2n) is 8.05. The molecule has 0 saturated carbocycles. The summed E-state index contributed by atoms with van der Waals surface area (Å²) in [4.78, 5) is 51.7. The SMILES string of the molecule is COc1cccc(N2CC(C(=O)OC(C)C(=O)N3CCN(c4ncccn4)CC3)CC2=O)c1. The summed E-state index contributed by atoms with van der Waals surface area (Å²) in [6.07, 6.45) is 2.50. The minimum absolute atomic E-state index is 0.0483. The van der Waals surface area contributed by atoms with Gasteiger partial charge in [0.1, 0.15) is 5.75 Å². The van der Waals surface area contributed by atoms with Gasteiger partial charge in [0.2, 0.25) is 11.9 Å². The third kappa shape index (κ3) is 5.05. The van der Waals surface area contributed by atoms with Crippen molar-refractivity contribution in [3.05, 3.63) is 42.7 Å². The fraction of sp³-hybridized carbons (Fsp3) is 0.435. The first-order valence-corrected chi connectivity index (χ1v) is 10.9. The maximum absolute atomic E-state index is 12.8. The van der Waals surface area contributed by atoms with Crippen molar-refractivity contribution in [3.8, 4) is 5.75 Å². The molecule has 2 aliphatic rings. The molecule has 33 heavy (non-hydrogen) atoms. The van der Waals surface area contributed by atoms with E-state index in [9.17, 15) is 14.4 Å². The lowest BCUT2D eigenvalue weighted by molar-refractivity contribution is -0.162. The van der Waals surface area contributed by atoms with Crippen molar-refractivity contribution in [3.63, 3.8) is 0 Å². The number of ether oxygens (including phenoxy) is 2. The molecule has 0 N–H and O–H groups in total. The lowest BCUT2D eigenvalue weighted by Crippen LogP contribution is -2.52. The van der Waals surface area contributed by atoms with Gasteiger partial charge in [-0.25, -0.2) is 9.97 Å². The molecular formula is C23H27N5O5. The Morgan fingerprint density at radius 3 is 2.52 bits per heavy atom. The maximum atomic E-state index is 12.8. The van der Waals surface area contributed by atoms with Crippen LogP contribution >= 0.6 is 0 Å². The lowest BCUT2D eigenvalue weighted by atomic mass is 10.1. The third-order valence-corrected chi connectivity index (χ3v) is 5.89. The van der Waals surface area contributed by atoms with Crippen LogP contribution in [0.3, 0.4) is 0 Å². The maximum Gasteiger partial charge on any atom is 0.312 e. The molecule has 1 aromatic heterocycles. The Morgan fingerprint density at radius 1 is 1.09 bits per heavy atom. The average molecular weight is 453 g/mol. The van der Waals surface area contributed by atoms with Gasteiger partial charge in [-0.15, -0.1) is 0 Å². The molecule has 2 atom stereocenters. The molecule has 2 amide bonds. The van der Waals surface area contributed by atoms with Gasteiger partial charge in [0.25, 0.3) is 5.91 Å². The standard InChI is InChI=1S/C23H27N5O5/c1-16(21(30)26-9-11-27(12-10-26)23-24-7-4-8-25-23)33-22(31)17-13-20(29)28(15-17)18-5-3-6-19(14-18)32-2/h3-8,14,16-17H,9-13,15H2,1-2H3. The van der Waals surface area contributed by atoms with Gasteiger partial charge in [0.15, 0.2) is 6.10 Å². The average Bonchev–Trinajstić information content (AvgIpc) is 3.26. The highest BCUT2D eigenvalue weighted by atomic mass is 16.5. The Hall–Kier alpha value is -3.69. The lowest BCUT2D eigenvalue weighted by Gasteiger charge is -2.35. The molecule has 10 nitrogen and oxygen atoms in total. The minimum Gasteiger partial charge on any atom is -0.497 e. The largest absolute Gasteiger partial charge is 0.497 e. The van der Waals surface area contributed by atoms with E-state index in [0.717, 1.165) is 0 Å². The fourth-order valence-electron chi connectivity index (χ4n) is 4.05. The number of hydrogen-bond donors (Lipinski definition) is 0. The van der Waals surface area contributed by atoms with Crippen LogP contribution < -0.4 is 14.5 Å². The molecule has 2 saturated heterocycles. The topological polar surface area (TPSA) is 105 Å². The van der Waals surface area contributed by atoms with E-state index in [1.807, 2.05) is 4.90 Å². The summed E-state index contributed by atoms with van der Waals surface area (Å²) in [5.41, 5.74) is 0.666. The Bertz CT molecular complexity index is 1010. The van der Waals surface area contributed by atoms with Crippen LogP contribution in [0.5, 0.6) is 5.75 Å². The van der Waals surface area contributed by atoms with Crippen LogP contribution in [-0.2, 0) is 19.1 Å². The van der Waals surface area contributed by atoms with E-state index in [1.54, 1.807) is 66.6 Å². The summed E-state index contributed by atoms with van der Waals surface area (Å²) in [6, 6.07) is 8.87. The zero-order chi connectivity index (χ0) is 23.4. The van der Waals surface area contributed by atoms with Crippen molar-refractivity contribution in [2.24, 2.45) is 5.92 Å². The second kappa shape index (κ2) is 9.85. The second-order valence-corrected chi connectivity index (χ2v) is 8.05. The highest BCUT2D eigenvalue weighted by Gasteiger charge is 2.38. The van der Waals surface area contributed by atoms with Crippen molar-refractivity contribution >= 4 is 29.4 Å². The number of amides is 2. The van der Waals surface area contributed by atoms with Crippen molar-refractivity contribution in [1.29, 1.82) is 0 Å². The molecule has 174 valence electrons. The van der Waals surface area contributed by atoms with Crippen molar-refractivity contribution in [2.75, 3.05) is 49.6 Å². The molecule has 3 heterocycles. The number of anilines is 2. The third-order valence-electron chi connectivity index (χ3n) is 5.89. The van der Waals surface area contributed by atoms with E-state index < -0.39 is 18.0 Å². The van der Waals surface area contributed by atoms with E-state index >= 15 is 0 Å². The van der Waals surface area contributed by atoms with Gasteiger partial charge in [-0.1, -0.05) is 6.07 Å². The number of nitrogens with zero attached hydrogens (tertiary/aromatic N) is 5. The zero-order valence-electron chi connectivity index (χ0n) is 18.7. The quantitative estimate of drug-likeness (QED) is 0.599. The van der Waals surface area contributed by atoms with Crippen molar-refractivity contribution in [2.45, 2.75) is 19.4 Å². The molecule has 2 aromatic rings. The molecule has 10 heteroatoms. The van der Waals surface area contributed by atoms with Crippen molar-refractivity contribution < 1.29 is 23.9 Å². The molecule has 1 aromatic carbocycles. The molecule has 4 rings (SSSR count). The number of carbonyl (C=O) groups is 3. The van der Waals surface area contributed by atoms with Gasteiger partial charge >= 0.3 is 5.97 Å². The summed E-state index contributed by atoms with van der Waals surface area (Å²) < 4.78 is 10.7. The van der Waals surface area contributed by atoms with Gasteiger partial charge in [0, 0.05) is 63.3 Å². The van der Waals surface area contributed by atoms with Gasteiger partial charge in [-0.05, 0) is 25.1 Å². The van der Waals surface area contributed by atoms with E-state index in [-0.39, 0.29) is 24.8 Å². The number of benzene rings is 1. The minimum atomic E-state index is -0.919. The number of aromatic nitrogens is 2. The predicted molar refractivity (Wildman–Crippen MR) is 120 cm³/mol. The molecular weight excluding hydrogens is 426 g/mol. The summed E-state index contributed by atoms with van der Waals surface area (Å²) in [5, 5.41) is 0. The molecule has 0 spiro atoms. The predicted octanol–water partition coefficient (Wildman–Crippen LogP) is 1.12. The Labute approximate surface area is 192 Å². The molecule has 2 aliphatic heterocycles. The molecule has 0 radical (unpaired) electrons. The molecule has 2 fully saturated rings. The number of piperazine rings is 1. The van der Waals surface area contributed by atoms with Gasteiger partial charge in [-0.2, -0.15) is 0 Å². The van der Waals surface area contributed by atoms with Crippen LogP contribution in [0, 0.1) is 5.92 Å². The fourth-order valence-corrected chi connectivity index (χ4v) is 4.05. The van der Waals surface area contributed by atoms with Crippen LogP contribution in [0.2, 0.25) is 0 Å². The summed E-state index contributed by atoms with van der Waals surface area (Å²) in [6.45, 7) is 3.96. The zero-order valence-corrected chi connectivity index (χ0v) is 18.7. The first-order chi connectivity index (χ1) is 16.0. The summed E-state index contributed by atoms with van der Waals surface area (Å²) in [5.74, 6) is -0.300. The van der Waals surface area contributed by atoms with Crippen LogP contribution in [0.4, 0.5) is 11.6 Å². The molecule has 0 aliphatic carbocycles. The first kappa shape index (κ1) is 22.5. The van der Waals surface area contributed by atoms with E-state index in [4.69, 9.17) is 9.47 Å². The smallest absolute Gasteiger partial charge is 0.312 e. The summed E-state index contributed by atoms with van der Waals surface area (Å²) in [7, 11) is 1.55. The molecule has 0 bridgehead atoms. The van der Waals surface area contributed by atoms with E-state index in [1.165, 1.54) is 0 Å². The highest BCUT2D eigenvalue weighted by Crippen LogP contribution is 2.28. The van der Waals surface area contributed by atoms with Crippen molar-refractivity contribution in [1.82, 2.24) is 14.9 Å². The Balaban J connectivity index is 1.29. The Kier molecular flexibility index (Phi) is 6.71. The monoisotopic (exact) mass is 453 g/mol. The Morgan fingerprint density at radius 2 is 1.82 bits per heavy atom. The van der Waals surface area contributed by atoms with Crippen LogP contribution in [0.1, 0.15) is 13.3 Å². The normalized spacial score (nSPS) is 19.4. The van der Waals surface area contributed by atoms with Crippen LogP contribution in [0.15, 0.2) is 42.7 Å². The number of hydrogen-bond acceptors (Lipinski definition) is 8. The summed E-state index contributed by atoms with van der Waals surface area (Å²) >= 11 is 0. The van der Waals surface area contributed by atoms with Crippen LogP contribution in [0.25, 0.3) is 0 Å². The molecule has 2 unspecified atom stereocenters. The first-order valence-electron chi connectivity index (χ1n) is 10.9. The van der Waals surface area contributed by atoms with E-state index in [0.29, 0.717) is 43.6 Å². The van der Waals surface area contributed by atoms with Gasteiger partial charge in [0.05, 0.1) is 13.0 Å². The van der Waals surface area contributed by atoms with Gasteiger partial charge in [-0.3, -0.25) is 14.4 Å². The number of esters is 1. The number of methoxy groups -OCH3 is 1. The van der Waals surface area contributed by atoms with Crippen LogP contribution in [-0.4, -0.2) is 78.6 Å². The highest BCUT2D eigenvalue weighted by molar-refractivity contribution is 5.99. The number of carbonyl (C=O) groups excluding carboxylic acids is 3.